The van der Waals surface area contributed by atoms with Gasteiger partial charge in [0.05, 0.1) is 0 Å². The van der Waals surface area contributed by atoms with Gasteiger partial charge in [-0.3, -0.25) is 4.79 Å². The minimum Gasteiger partial charge on any atom is -0.338 e. The van der Waals surface area contributed by atoms with E-state index < -0.39 is 0 Å². The number of likely N-dealkylation sites (N-methyl/N-ethyl adjacent to an activating group) is 1. The van der Waals surface area contributed by atoms with Crippen LogP contribution in [-0.2, 0) is 4.79 Å². The number of carbonyl (C=O) groups is 1. The van der Waals surface area contributed by atoms with Crippen molar-refractivity contribution in [3.8, 4) is 0 Å². The summed E-state index contributed by atoms with van der Waals surface area (Å²) in [5.74, 6) is 0.288. The van der Waals surface area contributed by atoms with Crippen molar-refractivity contribution in [1.82, 2.24) is 9.80 Å². The van der Waals surface area contributed by atoms with Crippen LogP contribution in [0.1, 0.15) is 51.4 Å². The van der Waals surface area contributed by atoms with Gasteiger partial charge >= 0.3 is 0 Å². The summed E-state index contributed by atoms with van der Waals surface area (Å²) in [5, 5.41) is 0. The Kier molecular flexibility index (Phi) is 4.85. The van der Waals surface area contributed by atoms with Crippen LogP contribution in [0.25, 0.3) is 0 Å². The second kappa shape index (κ2) is 6.23. The third kappa shape index (κ3) is 3.93. The first kappa shape index (κ1) is 14.8. The first-order valence-electron chi connectivity index (χ1n) is 7.73. The van der Waals surface area contributed by atoms with Crippen LogP contribution in [-0.4, -0.2) is 54.5 Å². The molecule has 2 fully saturated rings. The number of amides is 1. The zero-order chi connectivity index (χ0) is 13.9. The molecule has 4 nitrogen and oxygen atoms in total. The lowest BCUT2D eigenvalue weighted by Crippen LogP contribution is -2.52. The maximum atomic E-state index is 12.6. The molecule has 110 valence electrons. The molecule has 0 aromatic rings. The molecule has 4 heteroatoms. The molecule has 0 bridgehead atoms. The Bertz CT molecular complexity index is 307. The summed E-state index contributed by atoms with van der Waals surface area (Å²) in [5.41, 5.74) is 6.05. The molecule has 0 aromatic carbocycles. The lowest BCUT2D eigenvalue weighted by molar-refractivity contribution is -0.135. The highest BCUT2D eigenvalue weighted by molar-refractivity contribution is 5.78. The van der Waals surface area contributed by atoms with E-state index in [1.807, 2.05) is 0 Å². The number of hydrogen-bond donors (Lipinski definition) is 1. The summed E-state index contributed by atoms with van der Waals surface area (Å²) in [6.07, 6.45) is 8.67. The van der Waals surface area contributed by atoms with Gasteiger partial charge in [0.2, 0.25) is 5.91 Å². The van der Waals surface area contributed by atoms with Crippen LogP contribution in [0.4, 0.5) is 0 Å². The summed E-state index contributed by atoms with van der Waals surface area (Å²) in [6.45, 7) is 1.80. The Labute approximate surface area is 117 Å². The standard InChI is InChI=1S/C15H29N3O/c1-17(2)10-11-18(13-6-3-4-7-13)14(19)12-15(16)8-5-9-15/h13H,3-12,16H2,1-2H3. The molecule has 0 atom stereocenters. The minimum atomic E-state index is -0.188. The number of nitrogens with two attached hydrogens (primary N) is 1. The van der Waals surface area contributed by atoms with Crippen LogP contribution >= 0.6 is 0 Å². The van der Waals surface area contributed by atoms with Gasteiger partial charge in [0.25, 0.3) is 0 Å². The molecule has 19 heavy (non-hydrogen) atoms. The predicted octanol–water partition coefficient (Wildman–Crippen LogP) is 1.59. The molecule has 1 amide bonds. The average Bonchev–Trinajstić information content (AvgIpc) is 2.80. The van der Waals surface area contributed by atoms with Gasteiger partial charge in [0.15, 0.2) is 0 Å². The fraction of sp³-hybridized carbons (Fsp3) is 0.933. The second-order valence-electron chi connectivity index (χ2n) is 6.72. The monoisotopic (exact) mass is 267 g/mol. The average molecular weight is 267 g/mol. The van der Waals surface area contributed by atoms with E-state index in [9.17, 15) is 4.79 Å². The Balaban J connectivity index is 1.92. The summed E-state index contributed by atoms with van der Waals surface area (Å²) >= 11 is 0. The van der Waals surface area contributed by atoms with Gasteiger partial charge in [0.1, 0.15) is 0 Å². The van der Waals surface area contributed by atoms with Crippen molar-refractivity contribution in [3.63, 3.8) is 0 Å². The molecule has 0 aromatic heterocycles. The van der Waals surface area contributed by atoms with E-state index in [0.717, 1.165) is 25.9 Å². The van der Waals surface area contributed by atoms with E-state index in [1.165, 1.54) is 32.1 Å². The molecule has 2 aliphatic carbocycles. The third-order valence-corrected chi connectivity index (χ3v) is 4.73. The Hall–Kier alpha value is -0.610. The number of nitrogens with zero attached hydrogens (tertiary/aromatic N) is 2. The fourth-order valence-corrected chi connectivity index (χ4v) is 3.24. The first-order chi connectivity index (χ1) is 9.00. The van der Waals surface area contributed by atoms with Crippen LogP contribution in [0.5, 0.6) is 0 Å². The van der Waals surface area contributed by atoms with E-state index in [1.54, 1.807) is 0 Å². The summed E-state index contributed by atoms with van der Waals surface area (Å²) in [6, 6.07) is 0.469. The molecule has 0 unspecified atom stereocenters. The van der Waals surface area contributed by atoms with E-state index in [2.05, 4.69) is 23.9 Å². The number of hydrogen-bond acceptors (Lipinski definition) is 3. The van der Waals surface area contributed by atoms with Gasteiger partial charge < -0.3 is 15.5 Å². The quantitative estimate of drug-likeness (QED) is 0.795. The van der Waals surface area contributed by atoms with Crippen molar-refractivity contribution in [2.75, 3.05) is 27.2 Å². The van der Waals surface area contributed by atoms with Crippen molar-refractivity contribution >= 4 is 5.91 Å². The molecule has 0 saturated heterocycles. The highest BCUT2D eigenvalue weighted by atomic mass is 16.2. The van der Waals surface area contributed by atoms with Crippen molar-refractivity contribution in [2.45, 2.75) is 62.9 Å². The van der Waals surface area contributed by atoms with E-state index in [-0.39, 0.29) is 11.4 Å². The molecular formula is C15H29N3O. The lowest BCUT2D eigenvalue weighted by Gasteiger charge is -2.40. The Morgan fingerprint density at radius 3 is 2.26 bits per heavy atom. The SMILES string of the molecule is CN(C)CCN(C(=O)CC1(N)CCC1)C1CCCC1. The van der Waals surface area contributed by atoms with Gasteiger partial charge in [-0.05, 0) is 46.2 Å². The highest BCUT2D eigenvalue weighted by Crippen LogP contribution is 2.33. The molecular weight excluding hydrogens is 238 g/mol. The first-order valence-corrected chi connectivity index (χ1v) is 7.73. The number of rotatable bonds is 6. The topological polar surface area (TPSA) is 49.6 Å². The lowest BCUT2D eigenvalue weighted by atomic mass is 9.75. The summed E-state index contributed by atoms with van der Waals surface area (Å²) < 4.78 is 0. The molecule has 0 heterocycles. The van der Waals surface area contributed by atoms with Crippen LogP contribution in [0.3, 0.4) is 0 Å². The van der Waals surface area contributed by atoms with Crippen molar-refractivity contribution in [1.29, 1.82) is 0 Å². The van der Waals surface area contributed by atoms with Crippen molar-refractivity contribution in [2.24, 2.45) is 5.73 Å². The van der Waals surface area contributed by atoms with Gasteiger partial charge in [-0.25, -0.2) is 0 Å². The van der Waals surface area contributed by atoms with Gasteiger partial charge in [-0.15, -0.1) is 0 Å². The maximum Gasteiger partial charge on any atom is 0.224 e. The van der Waals surface area contributed by atoms with E-state index in [4.69, 9.17) is 5.73 Å². The predicted molar refractivity (Wildman–Crippen MR) is 77.9 cm³/mol. The highest BCUT2D eigenvalue weighted by Gasteiger charge is 2.37. The van der Waals surface area contributed by atoms with Crippen LogP contribution in [0.15, 0.2) is 0 Å². The fourth-order valence-electron chi connectivity index (χ4n) is 3.24. The largest absolute Gasteiger partial charge is 0.338 e. The van der Waals surface area contributed by atoms with Gasteiger partial charge in [0, 0.05) is 31.1 Å². The van der Waals surface area contributed by atoms with Crippen LogP contribution in [0.2, 0.25) is 0 Å². The van der Waals surface area contributed by atoms with E-state index >= 15 is 0 Å². The minimum absolute atomic E-state index is 0.188. The maximum absolute atomic E-state index is 12.6. The second-order valence-corrected chi connectivity index (χ2v) is 6.72. The van der Waals surface area contributed by atoms with Crippen molar-refractivity contribution < 1.29 is 4.79 Å². The molecule has 2 saturated carbocycles. The zero-order valence-electron chi connectivity index (χ0n) is 12.5. The molecule has 0 radical (unpaired) electrons. The Morgan fingerprint density at radius 1 is 1.16 bits per heavy atom. The van der Waals surface area contributed by atoms with E-state index in [0.29, 0.717) is 12.5 Å². The Morgan fingerprint density at radius 2 is 1.79 bits per heavy atom. The smallest absolute Gasteiger partial charge is 0.224 e. The zero-order valence-corrected chi connectivity index (χ0v) is 12.5. The molecule has 0 aliphatic heterocycles. The molecule has 2 aliphatic rings. The molecule has 0 spiro atoms. The summed E-state index contributed by atoms with van der Waals surface area (Å²) in [7, 11) is 4.13. The normalized spacial score (nSPS) is 22.5. The van der Waals surface area contributed by atoms with Gasteiger partial charge in [-0.2, -0.15) is 0 Å². The summed E-state index contributed by atoms with van der Waals surface area (Å²) in [4.78, 5) is 16.9. The molecule has 2 N–H and O–H groups in total. The van der Waals surface area contributed by atoms with Gasteiger partial charge in [-0.1, -0.05) is 12.8 Å². The number of carbonyl (C=O) groups excluding carboxylic acids is 1. The van der Waals surface area contributed by atoms with Crippen LogP contribution in [0, 0.1) is 0 Å². The van der Waals surface area contributed by atoms with Crippen molar-refractivity contribution in [3.05, 3.63) is 0 Å². The molecule has 2 rings (SSSR count). The third-order valence-electron chi connectivity index (χ3n) is 4.73. The van der Waals surface area contributed by atoms with Crippen LogP contribution < -0.4 is 5.73 Å².